The van der Waals surface area contributed by atoms with Gasteiger partial charge in [0.25, 0.3) is 0 Å². The number of aliphatic hydroxyl groups is 1. The Labute approximate surface area is 111 Å². The second kappa shape index (κ2) is 5.96. The van der Waals surface area contributed by atoms with Gasteiger partial charge in [0.15, 0.2) is 0 Å². The number of hydrogen-bond donors (Lipinski definition) is 1. The second-order valence-corrected chi connectivity index (χ2v) is 5.26. The summed E-state index contributed by atoms with van der Waals surface area (Å²) in [6.07, 6.45) is 1.02. The maximum Gasteiger partial charge on any atom is 0.137 e. The Hall–Kier alpha value is -0.420. The molecule has 0 aromatic heterocycles. The summed E-state index contributed by atoms with van der Waals surface area (Å²) >= 11 is 3.43. The van der Waals surface area contributed by atoms with E-state index >= 15 is 0 Å². The third kappa shape index (κ3) is 3.07. The van der Waals surface area contributed by atoms with Crippen LogP contribution in [0.15, 0.2) is 28.7 Å². The molecule has 1 heterocycles. The SMILES string of the molecule is CCCN1CC(CO)OC1c1ccc(Br)cc1. The van der Waals surface area contributed by atoms with Gasteiger partial charge in [-0.1, -0.05) is 35.0 Å². The first-order chi connectivity index (χ1) is 8.24. The summed E-state index contributed by atoms with van der Waals surface area (Å²) in [7, 11) is 0. The fourth-order valence-corrected chi connectivity index (χ4v) is 2.45. The number of hydrogen-bond acceptors (Lipinski definition) is 3. The summed E-state index contributed by atoms with van der Waals surface area (Å²) < 4.78 is 6.93. The number of benzene rings is 1. The molecule has 1 aliphatic rings. The van der Waals surface area contributed by atoms with Crippen molar-refractivity contribution in [3.8, 4) is 0 Å². The Morgan fingerprint density at radius 3 is 2.71 bits per heavy atom. The minimum absolute atomic E-state index is 0.0137. The first kappa shape index (κ1) is 13.0. The third-order valence-electron chi connectivity index (χ3n) is 2.96. The molecule has 2 rings (SSSR count). The summed E-state index contributed by atoms with van der Waals surface area (Å²) in [5.41, 5.74) is 1.15. The Kier molecular flexibility index (Phi) is 4.56. The molecule has 0 spiro atoms. The number of ether oxygens (including phenoxy) is 1. The molecule has 1 aliphatic heterocycles. The number of nitrogens with zero attached hydrogens (tertiary/aromatic N) is 1. The topological polar surface area (TPSA) is 32.7 Å². The smallest absolute Gasteiger partial charge is 0.137 e. The van der Waals surface area contributed by atoms with Crippen LogP contribution in [0, 0.1) is 0 Å². The maximum atomic E-state index is 9.20. The molecule has 1 aromatic carbocycles. The molecule has 0 amide bonds. The molecule has 0 bridgehead atoms. The van der Waals surface area contributed by atoms with Gasteiger partial charge in [-0.3, -0.25) is 4.90 Å². The molecule has 4 heteroatoms. The van der Waals surface area contributed by atoms with Crippen molar-refractivity contribution in [3.05, 3.63) is 34.3 Å². The third-order valence-corrected chi connectivity index (χ3v) is 3.49. The number of rotatable bonds is 4. The zero-order chi connectivity index (χ0) is 12.3. The molecule has 0 saturated carbocycles. The summed E-state index contributed by atoms with van der Waals surface area (Å²) in [6.45, 7) is 4.06. The van der Waals surface area contributed by atoms with E-state index in [-0.39, 0.29) is 18.9 Å². The first-order valence-corrected chi connectivity index (χ1v) is 6.79. The molecule has 0 radical (unpaired) electrons. The monoisotopic (exact) mass is 299 g/mol. The Morgan fingerprint density at radius 2 is 2.12 bits per heavy atom. The van der Waals surface area contributed by atoms with Crippen molar-refractivity contribution in [2.45, 2.75) is 25.7 Å². The second-order valence-electron chi connectivity index (χ2n) is 4.34. The fraction of sp³-hybridized carbons (Fsp3) is 0.538. The average Bonchev–Trinajstić information content (AvgIpc) is 2.74. The van der Waals surface area contributed by atoms with Crippen LogP contribution in [-0.2, 0) is 4.74 Å². The van der Waals surface area contributed by atoms with Gasteiger partial charge in [0.05, 0.1) is 12.7 Å². The standard InChI is InChI=1S/C13H18BrNO2/c1-2-7-15-8-12(9-16)17-13(15)10-3-5-11(14)6-4-10/h3-6,12-13,16H,2,7-9H2,1H3. The van der Waals surface area contributed by atoms with E-state index in [0.717, 1.165) is 29.5 Å². The maximum absolute atomic E-state index is 9.20. The molecular formula is C13H18BrNO2. The number of aliphatic hydroxyl groups excluding tert-OH is 1. The molecule has 2 unspecified atom stereocenters. The molecular weight excluding hydrogens is 282 g/mol. The highest BCUT2D eigenvalue weighted by atomic mass is 79.9. The Morgan fingerprint density at radius 1 is 1.41 bits per heavy atom. The van der Waals surface area contributed by atoms with Crippen molar-refractivity contribution in [3.63, 3.8) is 0 Å². The van der Waals surface area contributed by atoms with E-state index in [1.807, 2.05) is 12.1 Å². The molecule has 1 saturated heterocycles. The van der Waals surface area contributed by atoms with E-state index in [1.165, 1.54) is 0 Å². The first-order valence-electron chi connectivity index (χ1n) is 6.00. The van der Waals surface area contributed by atoms with Gasteiger partial charge < -0.3 is 9.84 Å². The van der Waals surface area contributed by atoms with Crippen LogP contribution in [0.3, 0.4) is 0 Å². The predicted molar refractivity (Wildman–Crippen MR) is 70.7 cm³/mol. The van der Waals surface area contributed by atoms with Crippen molar-refractivity contribution >= 4 is 15.9 Å². The molecule has 0 aliphatic carbocycles. The van der Waals surface area contributed by atoms with Gasteiger partial charge in [0.2, 0.25) is 0 Å². The van der Waals surface area contributed by atoms with E-state index in [1.54, 1.807) is 0 Å². The summed E-state index contributed by atoms with van der Waals surface area (Å²) in [6, 6.07) is 8.18. The van der Waals surface area contributed by atoms with Crippen molar-refractivity contribution in [2.24, 2.45) is 0 Å². The lowest BCUT2D eigenvalue weighted by atomic mass is 10.2. The molecule has 3 nitrogen and oxygen atoms in total. The largest absolute Gasteiger partial charge is 0.394 e. The van der Waals surface area contributed by atoms with Crippen LogP contribution in [0.4, 0.5) is 0 Å². The minimum Gasteiger partial charge on any atom is -0.394 e. The van der Waals surface area contributed by atoms with Gasteiger partial charge in [0, 0.05) is 17.6 Å². The van der Waals surface area contributed by atoms with Gasteiger partial charge in [-0.2, -0.15) is 0 Å². The van der Waals surface area contributed by atoms with E-state index in [4.69, 9.17) is 4.74 Å². The van der Waals surface area contributed by atoms with Gasteiger partial charge in [-0.25, -0.2) is 0 Å². The lowest BCUT2D eigenvalue weighted by Gasteiger charge is -2.22. The molecule has 1 N–H and O–H groups in total. The average molecular weight is 300 g/mol. The Balaban J connectivity index is 2.14. The molecule has 17 heavy (non-hydrogen) atoms. The van der Waals surface area contributed by atoms with Crippen molar-refractivity contribution in [1.82, 2.24) is 4.90 Å². The van der Waals surface area contributed by atoms with Crippen LogP contribution in [0.25, 0.3) is 0 Å². The molecule has 94 valence electrons. The normalized spacial score (nSPS) is 25.4. The van der Waals surface area contributed by atoms with Gasteiger partial charge in [-0.15, -0.1) is 0 Å². The van der Waals surface area contributed by atoms with E-state index in [9.17, 15) is 5.11 Å². The molecule has 1 aromatic rings. The van der Waals surface area contributed by atoms with Crippen molar-refractivity contribution < 1.29 is 9.84 Å². The van der Waals surface area contributed by atoms with E-state index in [0.29, 0.717) is 0 Å². The predicted octanol–water partition coefficient (Wildman–Crippen LogP) is 2.55. The van der Waals surface area contributed by atoms with Crippen LogP contribution in [0.1, 0.15) is 25.1 Å². The highest BCUT2D eigenvalue weighted by Crippen LogP contribution is 2.30. The minimum atomic E-state index is -0.0600. The van der Waals surface area contributed by atoms with Crippen molar-refractivity contribution in [1.29, 1.82) is 0 Å². The van der Waals surface area contributed by atoms with Crippen LogP contribution >= 0.6 is 15.9 Å². The highest BCUT2D eigenvalue weighted by molar-refractivity contribution is 9.10. The molecule has 2 atom stereocenters. The van der Waals surface area contributed by atoms with Gasteiger partial charge >= 0.3 is 0 Å². The zero-order valence-corrected chi connectivity index (χ0v) is 11.6. The lowest BCUT2D eigenvalue weighted by molar-refractivity contribution is -0.0195. The van der Waals surface area contributed by atoms with Crippen LogP contribution < -0.4 is 0 Å². The zero-order valence-electron chi connectivity index (χ0n) is 9.97. The van der Waals surface area contributed by atoms with E-state index < -0.39 is 0 Å². The fourth-order valence-electron chi connectivity index (χ4n) is 2.18. The molecule has 1 fully saturated rings. The van der Waals surface area contributed by atoms with E-state index in [2.05, 4.69) is 39.9 Å². The van der Waals surface area contributed by atoms with Gasteiger partial charge in [0.1, 0.15) is 6.23 Å². The van der Waals surface area contributed by atoms with Gasteiger partial charge in [-0.05, 0) is 24.1 Å². The van der Waals surface area contributed by atoms with Crippen LogP contribution in [0.2, 0.25) is 0 Å². The Bertz CT molecular complexity index is 355. The van der Waals surface area contributed by atoms with Crippen LogP contribution in [0.5, 0.6) is 0 Å². The summed E-state index contributed by atoms with van der Waals surface area (Å²) in [5, 5.41) is 9.20. The van der Waals surface area contributed by atoms with Crippen LogP contribution in [-0.4, -0.2) is 35.8 Å². The lowest BCUT2D eigenvalue weighted by Crippen LogP contribution is -2.26. The van der Waals surface area contributed by atoms with Crippen molar-refractivity contribution in [2.75, 3.05) is 19.7 Å². The number of halogens is 1. The quantitative estimate of drug-likeness (QED) is 0.927. The highest BCUT2D eigenvalue weighted by Gasteiger charge is 2.32. The summed E-state index contributed by atoms with van der Waals surface area (Å²) in [5.74, 6) is 0. The summed E-state index contributed by atoms with van der Waals surface area (Å²) in [4.78, 5) is 2.28.